The van der Waals surface area contributed by atoms with Gasteiger partial charge in [-0.25, -0.2) is 8.78 Å². The first-order chi connectivity index (χ1) is 6.93. The van der Waals surface area contributed by atoms with Crippen molar-refractivity contribution < 1.29 is 13.6 Å². The van der Waals surface area contributed by atoms with Crippen molar-refractivity contribution in [2.45, 2.75) is 6.43 Å². The largest absolute Gasteiger partial charge is 0.345 e. The molecule has 0 aliphatic carbocycles. The van der Waals surface area contributed by atoms with Crippen molar-refractivity contribution in [3.63, 3.8) is 0 Å². The average Bonchev–Trinajstić information content (AvgIpc) is 2.16. The summed E-state index contributed by atoms with van der Waals surface area (Å²) in [5.41, 5.74) is 0.0983. The minimum atomic E-state index is -2.59. The van der Waals surface area contributed by atoms with E-state index in [0.29, 0.717) is 4.47 Å². The molecule has 0 atom stereocenters. The molecule has 0 saturated carbocycles. The number of hydrogen-bond donors (Lipinski definition) is 0. The van der Waals surface area contributed by atoms with Crippen LogP contribution in [0.3, 0.4) is 0 Å². The molecule has 0 unspecified atom stereocenters. The van der Waals surface area contributed by atoms with Crippen LogP contribution in [-0.2, 0) is 0 Å². The minimum Gasteiger partial charge on any atom is -0.345 e. The van der Waals surface area contributed by atoms with Gasteiger partial charge < -0.3 is 4.90 Å². The predicted octanol–water partition coefficient (Wildman–Crippen LogP) is 3.09. The highest BCUT2D eigenvalue weighted by molar-refractivity contribution is 9.10. The highest BCUT2D eigenvalue weighted by Gasteiger charge is 2.15. The lowest BCUT2D eigenvalue weighted by molar-refractivity contribution is 0.0827. The number of halogens is 3. The fraction of sp³-hybridized carbons (Fsp3) is 0.300. The van der Waals surface area contributed by atoms with Crippen molar-refractivity contribution in [1.82, 2.24) is 4.90 Å². The van der Waals surface area contributed by atoms with Crippen LogP contribution in [0, 0.1) is 0 Å². The van der Waals surface area contributed by atoms with E-state index in [0.717, 1.165) is 0 Å². The summed E-state index contributed by atoms with van der Waals surface area (Å²) in [7, 11) is 3.15. The number of nitrogens with zero attached hydrogens (tertiary/aromatic N) is 1. The molecule has 2 nitrogen and oxygen atoms in total. The second kappa shape index (κ2) is 4.70. The van der Waals surface area contributed by atoms with Crippen molar-refractivity contribution in [2.75, 3.05) is 14.1 Å². The Morgan fingerprint density at radius 1 is 1.40 bits per heavy atom. The first-order valence-corrected chi connectivity index (χ1v) is 5.02. The molecule has 0 aliphatic heterocycles. The maximum atomic E-state index is 12.5. The number of amides is 1. The van der Waals surface area contributed by atoms with E-state index >= 15 is 0 Å². The average molecular weight is 278 g/mol. The van der Waals surface area contributed by atoms with Gasteiger partial charge in [0.2, 0.25) is 0 Å². The molecule has 0 radical (unpaired) electrons. The smallest absolute Gasteiger partial charge is 0.264 e. The van der Waals surface area contributed by atoms with E-state index in [1.807, 2.05) is 0 Å². The van der Waals surface area contributed by atoms with Gasteiger partial charge in [-0.3, -0.25) is 4.79 Å². The standard InChI is InChI=1S/C10H10BrF2NO/c1-14(2)10(15)6-3-4-8(11)7(5-6)9(12)13/h3-5,9H,1-2H3. The van der Waals surface area contributed by atoms with Crippen LogP contribution in [0.2, 0.25) is 0 Å². The molecular weight excluding hydrogens is 268 g/mol. The van der Waals surface area contributed by atoms with Gasteiger partial charge in [0.15, 0.2) is 0 Å². The summed E-state index contributed by atoms with van der Waals surface area (Å²) in [6.45, 7) is 0. The molecule has 0 aromatic heterocycles. The summed E-state index contributed by atoms with van der Waals surface area (Å²) in [4.78, 5) is 12.8. The molecule has 82 valence electrons. The third-order valence-electron chi connectivity index (χ3n) is 1.88. The topological polar surface area (TPSA) is 20.3 Å². The van der Waals surface area contributed by atoms with Crippen LogP contribution in [0.15, 0.2) is 22.7 Å². The third kappa shape index (κ3) is 2.75. The van der Waals surface area contributed by atoms with Gasteiger partial charge >= 0.3 is 0 Å². The summed E-state index contributed by atoms with van der Waals surface area (Å²) >= 11 is 3.01. The molecule has 1 amide bonds. The van der Waals surface area contributed by atoms with Crippen LogP contribution in [0.4, 0.5) is 8.78 Å². The molecule has 0 fully saturated rings. The number of benzene rings is 1. The van der Waals surface area contributed by atoms with Crippen molar-refractivity contribution >= 4 is 21.8 Å². The molecule has 0 saturated heterocycles. The third-order valence-corrected chi connectivity index (χ3v) is 2.61. The Balaban J connectivity index is 3.13. The van der Waals surface area contributed by atoms with Gasteiger partial charge in [0, 0.05) is 29.7 Å². The summed E-state index contributed by atoms with van der Waals surface area (Å²) < 4.78 is 25.3. The SMILES string of the molecule is CN(C)C(=O)c1ccc(Br)c(C(F)F)c1. The van der Waals surface area contributed by atoms with Gasteiger partial charge in [0.1, 0.15) is 0 Å². The zero-order valence-electron chi connectivity index (χ0n) is 8.30. The number of alkyl halides is 2. The van der Waals surface area contributed by atoms with Gasteiger partial charge in [0.25, 0.3) is 12.3 Å². The molecule has 5 heteroatoms. The molecule has 0 heterocycles. The summed E-state index contributed by atoms with van der Waals surface area (Å²) in [6, 6.07) is 4.17. The van der Waals surface area contributed by atoms with Crippen molar-refractivity contribution in [3.8, 4) is 0 Å². The zero-order valence-corrected chi connectivity index (χ0v) is 9.88. The van der Waals surface area contributed by atoms with E-state index in [-0.39, 0.29) is 17.0 Å². The van der Waals surface area contributed by atoms with Gasteiger partial charge in [-0.05, 0) is 18.2 Å². The van der Waals surface area contributed by atoms with Gasteiger partial charge in [0.05, 0.1) is 0 Å². The Morgan fingerprint density at radius 2 is 2.00 bits per heavy atom. The van der Waals surface area contributed by atoms with E-state index in [1.54, 1.807) is 14.1 Å². The van der Waals surface area contributed by atoms with E-state index in [4.69, 9.17) is 0 Å². The Labute approximate surface area is 95.0 Å². The lowest BCUT2D eigenvalue weighted by Crippen LogP contribution is -2.21. The van der Waals surface area contributed by atoms with Crippen LogP contribution in [0.25, 0.3) is 0 Å². The van der Waals surface area contributed by atoms with E-state index in [9.17, 15) is 13.6 Å². The number of carbonyl (C=O) groups excluding carboxylic acids is 1. The lowest BCUT2D eigenvalue weighted by atomic mass is 10.1. The molecule has 1 aromatic rings. The van der Waals surface area contributed by atoms with Crippen LogP contribution in [0.1, 0.15) is 22.3 Å². The second-order valence-corrected chi connectivity index (χ2v) is 4.09. The van der Waals surface area contributed by atoms with Crippen molar-refractivity contribution in [2.24, 2.45) is 0 Å². The Bertz CT molecular complexity index is 380. The van der Waals surface area contributed by atoms with Crippen LogP contribution >= 0.6 is 15.9 Å². The maximum Gasteiger partial charge on any atom is 0.264 e. The highest BCUT2D eigenvalue weighted by atomic mass is 79.9. The molecule has 1 rings (SSSR count). The fourth-order valence-corrected chi connectivity index (χ4v) is 1.52. The molecular formula is C10H10BrF2NO. The highest BCUT2D eigenvalue weighted by Crippen LogP contribution is 2.28. The van der Waals surface area contributed by atoms with Crippen LogP contribution < -0.4 is 0 Å². The van der Waals surface area contributed by atoms with Crippen molar-refractivity contribution in [3.05, 3.63) is 33.8 Å². The second-order valence-electron chi connectivity index (χ2n) is 3.24. The fourth-order valence-electron chi connectivity index (χ4n) is 1.10. The van der Waals surface area contributed by atoms with Gasteiger partial charge in [-0.1, -0.05) is 15.9 Å². The lowest BCUT2D eigenvalue weighted by Gasteiger charge is -2.11. The number of rotatable bonds is 2. The molecule has 0 N–H and O–H groups in total. The zero-order chi connectivity index (χ0) is 11.6. The van der Waals surface area contributed by atoms with Crippen LogP contribution in [-0.4, -0.2) is 24.9 Å². The number of hydrogen-bond acceptors (Lipinski definition) is 1. The molecule has 15 heavy (non-hydrogen) atoms. The predicted molar refractivity (Wildman–Crippen MR) is 57.1 cm³/mol. The van der Waals surface area contributed by atoms with Gasteiger partial charge in [-0.15, -0.1) is 0 Å². The Morgan fingerprint density at radius 3 is 2.47 bits per heavy atom. The van der Waals surface area contributed by atoms with E-state index < -0.39 is 6.43 Å². The van der Waals surface area contributed by atoms with E-state index in [1.165, 1.54) is 23.1 Å². The quantitative estimate of drug-likeness (QED) is 0.814. The van der Waals surface area contributed by atoms with E-state index in [2.05, 4.69) is 15.9 Å². The summed E-state index contributed by atoms with van der Waals surface area (Å²) in [5.74, 6) is -0.288. The maximum absolute atomic E-state index is 12.5. The molecule has 1 aromatic carbocycles. The Kier molecular flexibility index (Phi) is 3.79. The normalized spacial score (nSPS) is 10.5. The van der Waals surface area contributed by atoms with Gasteiger partial charge in [-0.2, -0.15) is 0 Å². The first-order valence-electron chi connectivity index (χ1n) is 4.22. The Hall–Kier alpha value is -0.970. The van der Waals surface area contributed by atoms with Crippen molar-refractivity contribution in [1.29, 1.82) is 0 Å². The number of carbonyl (C=O) groups is 1. The molecule has 0 bridgehead atoms. The molecule has 0 spiro atoms. The van der Waals surface area contributed by atoms with Crippen LogP contribution in [0.5, 0.6) is 0 Å². The minimum absolute atomic E-state index is 0.164. The first kappa shape index (κ1) is 12.1. The molecule has 0 aliphatic rings. The monoisotopic (exact) mass is 277 g/mol. The summed E-state index contributed by atoms with van der Waals surface area (Å²) in [5, 5.41) is 0. The summed E-state index contributed by atoms with van der Waals surface area (Å²) in [6.07, 6.45) is -2.59.